The molecule has 8 heteroatoms. The van der Waals surface area contributed by atoms with Crippen LogP contribution in [-0.4, -0.2) is 52.7 Å². The summed E-state index contributed by atoms with van der Waals surface area (Å²) < 4.78 is 45.4. The fraction of sp³-hybridized carbons (Fsp3) is 0.538. The highest BCUT2D eigenvalue weighted by Gasteiger charge is 2.19. The van der Waals surface area contributed by atoms with Gasteiger partial charge < -0.3 is 10.5 Å². The first-order valence-corrected chi connectivity index (χ1v) is 8.29. The molecule has 1 aliphatic rings. The van der Waals surface area contributed by atoms with Crippen molar-refractivity contribution in [1.29, 1.82) is 0 Å². The molecule has 3 N–H and O–H groups in total. The van der Waals surface area contributed by atoms with E-state index in [9.17, 15) is 12.8 Å². The van der Waals surface area contributed by atoms with E-state index in [4.69, 9.17) is 10.5 Å². The second-order valence-corrected chi connectivity index (χ2v) is 6.54. The zero-order valence-corrected chi connectivity index (χ0v) is 12.5. The fourth-order valence-corrected chi connectivity index (χ4v) is 3.47. The van der Waals surface area contributed by atoms with Gasteiger partial charge in [-0.3, -0.25) is 4.90 Å². The summed E-state index contributed by atoms with van der Waals surface area (Å²) in [6.07, 6.45) is 0. The molecule has 6 nitrogen and oxygen atoms in total. The highest BCUT2D eigenvalue weighted by molar-refractivity contribution is 7.89. The molecule has 0 aliphatic carbocycles. The minimum atomic E-state index is -3.75. The standard InChI is InChI=1S/C13H20FN3O3S/c14-12-2-1-11(10-15)13(9-12)21(18,19)16-3-4-17-5-7-20-8-6-17/h1-2,9,16H,3-8,10,15H2. The van der Waals surface area contributed by atoms with Crippen LogP contribution in [0, 0.1) is 5.82 Å². The highest BCUT2D eigenvalue weighted by Crippen LogP contribution is 2.16. The molecule has 0 atom stereocenters. The van der Waals surface area contributed by atoms with Crippen molar-refractivity contribution in [2.45, 2.75) is 11.4 Å². The van der Waals surface area contributed by atoms with Crippen LogP contribution in [0.2, 0.25) is 0 Å². The molecule has 0 radical (unpaired) electrons. The molecule has 0 saturated carbocycles. The summed E-state index contributed by atoms with van der Waals surface area (Å²) in [5.41, 5.74) is 5.90. The molecule has 0 aromatic heterocycles. The monoisotopic (exact) mass is 317 g/mol. The zero-order valence-electron chi connectivity index (χ0n) is 11.7. The van der Waals surface area contributed by atoms with Crippen molar-refractivity contribution in [3.63, 3.8) is 0 Å². The zero-order chi connectivity index (χ0) is 15.3. The molecule has 1 aliphatic heterocycles. The summed E-state index contributed by atoms with van der Waals surface area (Å²) in [5.74, 6) is -0.597. The van der Waals surface area contributed by atoms with E-state index in [1.165, 1.54) is 12.1 Å². The van der Waals surface area contributed by atoms with Crippen LogP contribution in [0.4, 0.5) is 4.39 Å². The quantitative estimate of drug-likeness (QED) is 0.765. The minimum absolute atomic E-state index is 0.0417. The predicted octanol–water partition coefficient (Wildman–Crippen LogP) is -0.105. The first-order valence-electron chi connectivity index (χ1n) is 6.81. The van der Waals surface area contributed by atoms with E-state index in [1.807, 2.05) is 0 Å². The number of morpholine rings is 1. The summed E-state index contributed by atoms with van der Waals surface area (Å²) in [7, 11) is -3.75. The Balaban J connectivity index is 1.99. The largest absolute Gasteiger partial charge is 0.379 e. The molecule has 1 aromatic rings. The van der Waals surface area contributed by atoms with E-state index in [-0.39, 0.29) is 18.0 Å². The lowest BCUT2D eigenvalue weighted by atomic mass is 10.2. The molecule has 2 rings (SSSR count). The van der Waals surface area contributed by atoms with E-state index in [0.29, 0.717) is 25.3 Å². The van der Waals surface area contributed by atoms with Gasteiger partial charge in [0.15, 0.2) is 0 Å². The Bertz CT molecular complexity index is 574. The Morgan fingerprint density at radius 3 is 2.71 bits per heavy atom. The van der Waals surface area contributed by atoms with Gasteiger partial charge in [0, 0.05) is 32.7 Å². The number of nitrogens with zero attached hydrogens (tertiary/aromatic N) is 1. The number of benzene rings is 1. The molecule has 0 amide bonds. The summed E-state index contributed by atoms with van der Waals surface area (Å²) in [6.45, 7) is 3.80. The summed E-state index contributed by atoms with van der Waals surface area (Å²) in [4.78, 5) is 2.02. The minimum Gasteiger partial charge on any atom is -0.379 e. The number of ether oxygens (including phenoxy) is 1. The molecule has 0 unspecified atom stereocenters. The van der Waals surface area contributed by atoms with Gasteiger partial charge >= 0.3 is 0 Å². The van der Waals surface area contributed by atoms with Crippen LogP contribution >= 0.6 is 0 Å². The summed E-state index contributed by atoms with van der Waals surface area (Å²) >= 11 is 0. The lowest BCUT2D eigenvalue weighted by molar-refractivity contribution is 0.0390. The van der Waals surface area contributed by atoms with Crippen molar-refractivity contribution in [3.05, 3.63) is 29.6 Å². The highest BCUT2D eigenvalue weighted by atomic mass is 32.2. The number of halogens is 1. The molecular weight excluding hydrogens is 297 g/mol. The van der Waals surface area contributed by atoms with Crippen molar-refractivity contribution < 1.29 is 17.5 Å². The first-order chi connectivity index (χ1) is 10.0. The third-order valence-electron chi connectivity index (χ3n) is 3.36. The Labute approximate surface area is 124 Å². The normalized spacial score (nSPS) is 17.0. The topological polar surface area (TPSA) is 84.7 Å². The predicted molar refractivity (Wildman–Crippen MR) is 76.7 cm³/mol. The molecule has 118 valence electrons. The van der Waals surface area contributed by atoms with Gasteiger partial charge in [-0.1, -0.05) is 6.07 Å². The van der Waals surface area contributed by atoms with E-state index in [2.05, 4.69) is 9.62 Å². The lowest BCUT2D eigenvalue weighted by Crippen LogP contribution is -2.41. The molecule has 1 heterocycles. The van der Waals surface area contributed by atoms with E-state index < -0.39 is 15.8 Å². The van der Waals surface area contributed by atoms with Crippen LogP contribution in [0.1, 0.15) is 5.56 Å². The molecule has 21 heavy (non-hydrogen) atoms. The molecule has 0 spiro atoms. The second kappa shape index (κ2) is 7.28. The van der Waals surface area contributed by atoms with E-state index in [0.717, 1.165) is 19.2 Å². The third kappa shape index (κ3) is 4.45. The maximum atomic E-state index is 13.3. The Kier molecular flexibility index (Phi) is 5.65. The van der Waals surface area contributed by atoms with Crippen molar-refractivity contribution in [3.8, 4) is 0 Å². The average Bonchev–Trinajstić information content (AvgIpc) is 2.48. The van der Waals surface area contributed by atoms with Gasteiger partial charge in [0.1, 0.15) is 5.82 Å². The van der Waals surface area contributed by atoms with Crippen LogP contribution in [0.5, 0.6) is 0 Å². The van der Waals surface area contributed by atoms with Crippen LogP contribution in [0.15, 0.2) is 23.1 Å². The van der Waals surface area contributed by atoms with Crippen molar-refractivity contribution >= 4 is 10.0 Å². The Hall–Kier alpha value is -1.06. The van der Waals surface area contributed by atoms with Crippen LogP contribution in [0.25, 0.3) is 0 Å². The second-order valence-electron chi connectivity index (χ2n) is 4.81. The molecule has 0 bridgehead atoms. The van der Waals surface area contributed by atoms with Gasteiger partial charge in [0.05, 0.1) is 18.1 Å². The van der Waals surface area contributed by atoms with Crippen LogP contribution in [0.3, 0.4) is 0 Å². The number of nitrogens with one attached hydrogen (secondary N) is 1. The SMILES string of the molecule is NCc1ccc(F)cc1S(=O)(=O)NCCN1CCOCC1. The maximum absolute atomic E-state index is 13.3. The van der Waals surface area contributed by atoms with E-state index >= 15 is 0 Å². The molecule has 1 fully saturated rings. The average molecular weight is 317 g/mol. The van der Waals surface area contributed by atoms with Crippen molar-refractivity contribution in [2.75, 3.05) is 39.4 Å². The first kappa shape index (κ1) is 16.3. The van der Waals surface area contributed by atoms with Crippen molar-refractivity contribution in [2.24, 2.45) is 5.73 Å². The van der Waals surface area contributed by atoms with E-state index in [1.54, 1.807) is 0 Å². The summed E-state index contributed by atoms with van der Waals surface area (Å²) in [5, 5.41) is 0. The van der Waals surface area contributed by atoms with Crippen LogP contribution in [-0.2, 0) is 21.3 Å². The third-order valence-corrected chi connectivity index (χ3v) is 4.91. The number of hydrogen-bond donors (Lipinski definition) is 2. The van der Waals surface area contributed by atoms with Gasteiger partial charge in [-0.25, -0.2) is 17.5 Å². The summed E-state index contributed by atoms with van der Waals surface area (Å²) in [6, 6.07) is 3.60. The van der Waals surface area contributed by atoms with Gasteiger partial charge in [-0.05, 0) is 17.7 Å². The van der Waals surface area contributed by atoms with Gasteiger partial charge in [-0.15, -0.1) is 0 Å². The smallest absolute Gasteiger partial charge is 0.241 e. The Morgan fingerprint density at radius 2 is 2.05 bits per heavy atom. The lowest BCUT2D eigenvalue weighted by Gasteiger charge is -2.26. The number of rotatable bonds is 6. The number of hydrogen-bond acceptors (Lipinski definition) is 5. The molecular formula is C13H20FN3O3S. The van der Waals surface area contributed by atoms with Gasteiger partial charge in [0.25, 0.3) is 0 Å². The van der Waals surface area contributed by atoms with Crippen molar-refractivity contribution in [1.82, 2.24) is 9.62 Å². The maximum Gasteiger partial charge on any atom is 0.241 e. The fourth-order valence-electron chi connectivity index (χ4n) is 2.19. The Morgan fingerprint density at radius 1 is 1.33 bits per heavy atom. The number of sulfonamides is 1. The molecule has 1 aromatic carbocycles. The molecule has 1 saturated heterocycles. The van der Waals surface area contributed by atoms with Crippen LogP contribution < -0.4 is 10.5 Å². The van der Waals surface area contributed by atoms with Gasteiger partial charge in [0.2, 0.25) is 10.0 Å². The van der Waals surface area contributed by atoms with Gasteiger partial charge in [-0.2, -0.15) is 0 Å². The number of nitrogens with two attached hydrogens (primary N) is 1.